The molecule has 1 aliphatic rings. The molecule has 1 saturated heterocycles. The van der Waals surface area contributed by atoms with Crippen LogP contribution in [0.3, 0.4) is 0 Å². The van der Waals surface area contributed by atoms with Gasteiger partial charge in [0.1, 0.15) is 11.8 Å². The molecule has 4 N–H and O–H groups in total. The Balaban J connectivity index is 2.18. The topological polar surface area (TPSA) is 102 Å². The molecule has 1 heterocycles. The first-order valence-electron chi connectivity index (χ1n) is 10.4. The molecule has 31 heavy (non-hydrogen) atoms. The van der Waals surface area contributed by atoms with Crippen LogP contribution in [0.2, 0.25) is 5.02 Å². The number of benzene rings is 1. The lowest BCUT2D eigenvalue weighted by molar-refractivity contribution is -0.142. The molecular formula is C23H32ClN3O4. The Bertz CT molecular complexity index is 850. The SMILES string of the molecule is C#Cc1cc(O)c(CNC(=O)[C@@H]2C[C@@H](O)CN2C(=O)[C@@H](NC(C)C)C(C)(C)C)c(Cl)c1. The molecule has 8 heteroatoms. The molecule has 2 amide bonds. The number of aromatic hydroxyl groups is 1. The molecule has 1 aromatic rings. The third-order valence-corrected chi connectivity index (χ3v) is 5.59. The monoisotopic (exact) mass is 449 g/mol. The molecule has 0 bridgehead atoms. The molecule has 7 nitrogen and oxygen atoms in total. The van der Waals surface area contributed by atoms with Crippen molar-refractivity contribution in [2.75, 3.05) is 6.54 Å². The maximum absolute atomic E-state index is 13.3. The Morgan fingerprint density at radius 1 is 1.35 bits per heavy atom. The van der Waals surface area contributed by atoms with Crippen LogP contribution in [0.1, 0.15) is 52.2 Å². The van der Waals surface area contributed by atoms with Crippen LogP contribution in [0.15, 0.2) is 12.1 Å². The minimum absolute atomic E-state index is 0.0318. The van der Waals surface area contributed by atoms with E-state index < -0.39 is 24.1 Å². The number of carbonyl (C=O) groups excluding carboxylic acids is 2. The Morgan fingerprint density at radius 3 is 2.52 bits per heavy atom. The van der Waals surface area contributed by atoms with Crippen molar-refractivity contribution in [3.8, 4) is 18.1 Å². The summed E-state index contributed by atoms with van der Waals surface area (Å²) in [4.78, 5) is 27.7. The van der Waals surface area contributed by atoms with E-state index in [0.29, 0.717) is 11.1 Å². The average molecular weight is 450 g/mol. The number of nitrogens with zero attached hydrogens (tertiary/aromatic N) is 1. The number of aliphatic hydroxyl groups is 1. The summed E-state index contributed by atoms with van der Waals surface area (Å²) in [6.07, 6.45) is 4.69. The first kappa shape index (κ1) is 25.0. The van der Waals surface area contributed by atoms with Gasteiger partial charge in [-0.2, -0.15) is 0 Å². The van der Waals surface area contributed by atoms with Gasteiger partial charge in [0.25, 0.3) is 0 Å². The fraction of sp³-hybridized carbons (Fsp3) is 0.565. The minimum atomic E-state index is -0.813. The summed E-state index contributed by atoms with van der Waals surface area (Å²) >= 11 is 6.18. The molecule has 0 aromatic heterocycles. The predicted octanol–water partition coefficient (Wildman–Crippen LogP) is 2.02. The summed E-state index contributed by atoms with van der Waals surface area (Å²) in [6.45, 7) is 9.83. The molecule has 1 fully saturated rings. The second-order valence-corrected chi connectivity index (χ2v) is 9.74. The molecule has 1 aromatic carbocycles. The predicted molar refractivity (Wildman–Crippen MR) is 121 cm³/mol. The highest BCUT2D eigenvalue weighted by Crippen LogP contribution is 2.29. The summed E-state index contributed by atoms with van der Waals surface area (Å²) in [6, 6.07) is 1.68. The highest BCUT2D eigenvalue weighted by Gasteiger charge is 2.44. The summed E-state index contributed by atoms with van der Waals surface area (Å²) in [7, 11) is 0. The Hall–Kier alpha value is -2.27. The van der Waals surface area contributed by atoms with Crippen molar-refractivity contribution in [3.63, 3.8) is 0 Å². The first-order valence-corrected chi connectivity index (χ1v) is 10.7. The van der Waals surface area contributed by atoms with E-state index in [1.54, 1.807) is 0 Å². The maximum Gasteiger partial charge on any atom is 0.243 e. The van der Waals surface area contributed by atoms with Crippen LogP contribution in [-0.2, 0) is 16.1 Å². The van der Waals surface area contributed by atoms with Crippen LogP contribution in [-0.4, -0.2) is 57.7 Å². The molecule has 2 rings (SSSR count). The normalized spacial score (nSPS) is 19.9. The van der Waals surface area contributed by atoms with Crippen LogP contribution in [0.25, 0.3) is 0 Å². The molecule has 0 saturated carbocycles. The largest absolute Gasteiger partial charge is 0.508 e. The van der Waals surface area contributed by atoms with E-state index in [4.69, 9.17) is 18.0 Å². The van der Waals surface area contributed by atoms with E-state index in [1.165, 1.54) is 17.0 Å². The zero-order valence-corrected chi connectivity index (χ0v) is 19.5. The maximum atomic E-state index is 13.3. The van der Waals surface area contributed by atoms with Gasteiger partial charge in [-0.3, -0.25) is 9.59 Å². The summed E-state index contributed by atoms with van der Waals surface area (Å²) < 4.78 is 0. The van der Waals surface area contributed by atoms with E-state index in [0.717, 1.165) is 0 Å². The van der Waals surface area contributed by atoms with Crippen molar-refractivity contribution in [1.29, 1.82) is 0 Å². The number of phenolic OH excluding ortho intramolecular Hbond substituents is 1. The number of terminal acetylenes is 1. The second-order valence-electron chi connectivity index (χ2n) is 9.33. The van der Waals surface area contributed by atoms with Crippen LogP contribution >= 0.6 is 11.6 Å². The number of halogens is 1. The highest BCUT2D eigenvalue weighted by molar-refractivity contribution is 6.31. The summed E-state index contributed by atoms with van der Waals surface area (Å²) in [5.74, 6) is 1.64. The molecule has 0 spiro atoms. The van der Waals surface area contributed by atoms with Gasteiger partial charge in [0.05, 0.1) is 17.2 Å². The minimum Gasteiger partial charge on any atom is -0.508 e. The molecule has 0 aliphatic carbocycles. The fourth-order valence-electron chi connectivity index (χ4n) is 3.67. The van der Waals surface area contributed by atoms with Crippen LogP contribution in [0, 0.1) is 17.8 Å². The third-order valence-electron chi connectivity index (χ3n) is 5.26. The quantitative estimate of drug-likeness (QED) is 0.498. The second kappa shape index (κ2) is 9.90. The van der Waals surface area contributed by atoms with Gasteiger partial charge >= 0.3 is 0 Å². The van der Waals surface area contributed by atoms with Crippen LogP contribution in [0.5, 0.6) is 5.75 Å². The van der Waals surface area contributed by atoms with E-state index in [2.05, 4.69) is 16.6 Å². The van der Waals surface area contributed by atoms with E-state index >= 15 is 0 Å². The Labute approximate surface area is 189 Å². The van der Waals surface area contributed by atoms with Gasteiger partial charge < -0.3 is 25.7 Å². The molecule has 1 aliphatic heterocycles. The van der Waals surface area contributed by atoms with Crippen molar-refractivity contribution in [2.45, 2.75) is 71.8 Å². The highest BCUT2D eigenvalue weighted by atomic mass is 35.5. The standard InChI is InChI=1S/C23H32ClN3O4/c1-7-14-8-17(24)16(19(29)9-14)11-25-21(30)18-10-15(28)12-27(18)22(31)20(23(4,5)6)26-13(2)3/h1,8-9,13,15,18,20,26,28-29H,10-12H2,2-6H3,(H,25,30)/t15-,18+,20-/m1/s1. The number of rotatable bonds is 6. The number of nitrogens with one attached hydrogen (secondary N) is 2. The molecule has 3 atom stereocenters. The zero-order chi connectivity index (χ0) is 23.5. The molecule has 0 radical (unpaired) electrons. The van der Waals surface area contributed by atoms with Crippen molar-refractivity contribution < 1.29 is 19.8 Å². The van der Waals surface area contributed by atoms with Gasteiger partial charge in [0, 0.05) is 36.7 Å². The van der Waals surface area contributed by atoms with E-state index in [-0.39, 0.29) is 47.6 Å². The van der Waals surface area contributed by atoms with Crippen molar-refractivity contribution in [1.82, 2.24) is 15.5 Å². The summed E-state index contributed by atoms with van der Waals surface area (Å²) in [5, 5.41) is 26.6. The number of β-amino-alcohol motifs (C(OH)–C–C–N with tert-alkyl or cyclic N) is 1. The lowest BCUT2D eigenvalue weighted by Crippen LogP contribution is -2.57. The summed E-state index contributed by atoms with van der Waals surface area (Å²) in [5.41, 5.74) is 0.382. The lowest BCUT2D eigenvalue weighted by atomic mass is 9.85. The van der Waals surface area contributed by atoms with Gasteiger partial charge in [0.2, 0.25) is 11.8 Å². The van der Waals surface area contributed by atoms with Gasteiger partial charge in [-0.1, -0.05) is 52.1 Å². The van der Waals surface area contributed by atoms with Crippen LogP contribution < -0.4 is 10.6 Å². The van der Waals surface area contributed by atoms with E-state index in [1.807, 2.05) is 34.6 Å². The van der Waals surface area contributed by atoms with Gasteiger partial charge in [0.15, 0.2) is 0 Å². The smallest absolute Gasteiger partial charge is 0.243 e. The molecule has 0 unspecified atom stereocenters. The number of likely N-dealkylation sites (tertiary alicyclic amines) is 1. The zero-order valence-electron chi connectivity index (χ0n) is 18.7. The number of carbonyl (C=O) groups is 2. The van der Waals surface area contributed by atoms with Gasteiger partial charge in [-0.15, -0.1) is 6.42 Å². The molecular weight excluding hydrogens is 418 g/mol. The lowest BCUT2D eigenvalue weighted by Gasteiger charge is -2.36. The number of phenols is 1. The number of hydrogen-bond donors (Lipinski definition) is 4. The number of aliphatic hydroxyl groups excluding tert-OH is 1. The van der Waals surface area contributed by atoms with Crippen LogP contribution in [0.4, 0.5) is 0 Å². The van der Waals surface area contributed by atoms with Gasteiger partial charge in [-0.05, 0) is 17.5 Å². The average Bonchev–Trinajstić information content (AvgIpc) is 3.05. The first-order chi connectivity index (χ1) is 14.3. The Kier molecular flexibility index (Phi) is 7.98. The Morgan fingerprint density at radius 2 is 2.00 bits per heavy atom. The van der Waals surface area contributed by atoms with Crippen molar-refractivity contribution in [3.05, 3.63) is 28.3 Å². The molecule has 170 valence electrons. The van der Waals surface area contributed by atoms with Gasteiger partial charge in [-0.25, -0.2) is 0 Å². The fourth-order valence-corrected chi connectivity index (χ4v) is 3.95. The van der Waals surface area contributed by atoms with Crippen molar-refractivity contribution in [2.24, 2.45) is 5.41 Å². The third kappa shape index (κ3) is 6.13. The van der Waals surface area contributed by atoms with Crippen molar-refractivity contribution >= 4 is 23.4 Å². The number of amides is 2. The van der Waals surface area contributed by atoms with E-state index in [9.17, 15) is 19.8 Å². The number of hydrogen-bond acceptors (Lipinski definition) is 5.